The van der Waals surface area contributed by atoms with Crippen LogP contribution in [0.5, 0.6) is 5.75 Å². The predicted molar refractivity (Wildman–Crippen MR) is 107 cm³/mol. The van der Waals surface area contributed by atoms with Gasteiger partial charge in [0.25, 0.3) is 5.91 Å². The molecule has 1 heterocycles. The highest BCUT2D eigenvalue weighted by Crippen LogP contribution is 2.22. The van der Waals surface area contributed by atoms with Crippen LogP contribution < -0.4 is 10.5 Å². The van der Waals surface area contributed by atoms with Gasteiger partial charge in [-0.3, -0.25) is 4.79 Å². The Hall–Kier alpha value is -1.63. The molecule has 0 fully saturated rings. The summed E-state index contributed by atoms with van der Waals surface area (Å²) in [4.78, 5) is 19.5. The number of hydrogen-bond donors (Lipinski definition) is 1. The quantitative estimate of drug-likeness (QED) is 0.729. The van der Waals surface area contributed by atoms with Gasteiger partial charge in [-0.05, 0) is 43.5 Å². The summed E-state index contributed by atoms with van der Waals surface area (Å²) in [6.07, 6.45) is 0.782. The van der Waals surface area contributed by atoms with Crippen LogP contribution in [-0.2, 0) is 6.61 Å². The molecule has 7 heteroatoms. The first-order valence-electron chi connectivity index (χ1n) is 8.63. The monoisotopic (exact) mass is 395 g/mol. The lowest BCUT2D eigenvalue weighted by Crippen LogP contribution is -2.34. The minimum Gasteiger partial charge on any atom is -0.486 e. The van der Waals surface area contributed by atoms with Crippen molar-refractivity contribution < 1.29 is 9.53 Å². The molecule has 142 valence electrons. The standard InChI is InChI=1S/C19H26ClN3O2S/c1-12(2)16(21)9-10-23(4)19(24)18-13(3)22-17(26-18)11-25-15-7-5-14(20)6-8-15/h5-8,12,16H,9-11,21H2,1-4H3. The summed E-state index contributed by atoms with van der Waals surface area (Å²) in [5, 5.41) is 1.43. The second kappa shape index (κ2) is 9.35. The van der Waals surface area contributed by atoms with Crippen molar-refractivity contribution >= 4 is 28.8 Å². The lowest BCUT2D eigenvalue weighted by Gasteiger charge is -2.21. The molecule has 1 atom stereocenters. The Morgan fingerprint density at radius 1 is 1.35 bits per heavy atom. The molecule has 0 aliphatic heterocycles. The van der Waals surface area contributed by atoms with Crippen LogP contribution in [0.15, 0.2) is 24.3 Å². The van der Waals surface area contributed by atoms with E-state index in [1.54, 1.807) is 36.2 Å². The zero-order chi connectivity index (χ0) is 19.3. The van der Waals surface area contributed by atoms with Crippen LogP contribution in [0.3, 0.4) is 0 Å². The Bertz CT molecular complexity index is 731. The molecule has 1 amide bonds. The van der Waals surface area contributed by atoms with Gasteiger partial charge < -0.3 is 15.4 Å². The fourth-order valence-corrected chi connectivity index (χ4v) is 3.44. The number of aryl methyl sites for hydroxylation is 1. The number of carbonyl (C=O) groups excluding carboxylic acids is 1. The van der Waals surface area contributed by atoms with E-state index in [2.05, 4.69) is 18.8 Å². The van der Waals surface area contributed by atoms with Gasteiger partial charge in [0.2, 0.25) is 0 Å². The van der Waals surface area contributed by atoms with E-state index in [1.165, 1.54) is 11.3 Å². The Labute approximate surface area is 164 Å². The first kappa shape index (κ1) is 20.7. The van der Waals surface area contributed by atoms with Gasteiger partial charge in [0.05, 0.1) is 5.69 Å². The normalized spacial score (nSPS) is 12.3. The maximum Gasteiger partial charge on any atom is 0.265 e. The number of aromatic nitrogens is 1. The molecule has 0 radical (unpaired) electrons. The van der Waals surface area contributed by atoms with Crippen LogP contribution >= 0.6 is 22.9 Å². The summed E-state index contributed by atoms with van der Waals surface area (Å²) >= 11 is 7.24. The minimum atomic E-state index is -0.0197. The topological polar surface area (TPSA) is 68.5 Å². The number of ether oxygens (including phenoxy) is 1. The van der Waals surface area contributed by atoms with Crippen molar-refractivity contribution in [3.05, 3.63) is 44.9 Å². The van der Waals surface area contributed by atoms with E-state index in [9.17, 15) is 4.79 Å². The molecule has 0 spiro atoms. The van der Waals surface area contributed by atoms with Crippen molar-refractivity contribution in [3.8, 4) is 5.75 Å². The van der Waals surface area contributed by atoms with Crippen LogP contribution in [0.4, 0.5) is 0 Å². The lowest BCUT2D eigenvalue weighted by atomic mass is 10.0. The molecule has 0 saturated carbocycles. The highest BCUT2D eigenvalue weighted by atomic mass is 35.5. The van der Waals surface area contributed by atoms with Crippen LogP contribution in [0.1, 0.15) is 40.6 Å². The van der Waals surface area contributed by atoms with E-state index in [4.69, 9.17) is 22.1 Å². The summed E-state index contributed by atoms with van der Waals surface area (Å²) in [6.45, 7) is 6.98. The van der Waals surface area contributed by atoms with Gasteiger partial charge in [-0.15, -0.1) is 11.3 Å². The predicted octanol–water partition coefficient (Wildman–Crippen LogP) is 4.13. The van der Waals surface area contributed by atoms with Crippen LogP contribution in [-0.4, -0.2) is 35.4 Å². The van der Waals surface area contributed by atoms with Crippen LogP contribution in [0.25, 0.3) is 0 Å². The number of hydrogen-bond acceptors (Lipinski definition) is 5. The molecule has 1 aromatic carbocycles. The van der Waals surface area contributed by atoms with E-state index in [0.29, 0.717) is 29.0 Å². The van der Waals surface area contributed by atoms with Gasteiger partial charge in [0.1, 0.15) is 22.2 Å². The van der Waals surface area contributed by atoms with Crippen LogP contribution in [0.2, 0.25) is 5.02 Å². The average Bonchev–Trinajstić information content (AvgIpc) is 2.98. The highest BCUT2D eigenvalue weighted by molar-refractivity contribution is 7.13. The van der Waals surface area contributed by atoms with Gasteiger partial charge in [0.15, 0.2) is 0 Å². The number of halogens is 1. The maximum absolute atomic E-state index is 12.7. The van der Waals surface area contributed by atoms with Crippen molar-refractivity contribution in [2.75, 3.05) is 13.6 Å². The molecule has 1 unspecified atom stereocenters. The van der Waals surface area contributed by atoms with E-state index in [0.717, 1.165) is 22.9 Å². The Balaban J connectivity index is 1.95. The number of nitrogens with two attached hydrogens (primary N) is 1. The van der Waals surface area contributed by atoms with Crippen LogP contribution in [0, 0.1) is 12.8 Å². The zero-order valence-corrected chi connectivity index (χ0v) is 17.2. The number of amides is 1. The Morgan fingerprint density at radius 3 is 2.62 bits per heavy atom. The molecule has 2 aromatic rings. The second-order valence-corrected chi connectivity index (χ2v) is 8.21. The van der Waals surface area contributed by atoms with Crippen molar-refractivity contribution in [3.63, 3.8) is 0 Å². The molecule has 0 saturated heterocycles. The SMILES string of the molecule is Cc1nc(COc2ccc(Cl)cc2)sc1C(=O)N(C)CCC(N)C(C)C. The molecule has 0 aliphatic rings. The van der Waals surface area contributed by atoms with E-state index < -0.39 is 0 Å². The highest BCUT2D eigenvalue weighted by Gasteiger charge is 2.20. The zero-order valence-electron chi connectivity index (χ0n) is 15.7. The minimum absolute atomic E-state index is 0.0197. The summed E-state index contributed by atoms with van der Waals surface area (Å²) in [5.74, 6) is 1.10. The Kier molecular flexibility index (Phi) is 7.43. The molecule has 2 rings (SSSR count). The van der Waals surface area contributed by atoms with E-state index >= 15 is 0 Å². The largest absolute Gasteiger partial charge is 0.486 e. The third-order valence-electron chi connectivity index (χ3n) is 4.21. The van der Waals surface area contributed by atoms with Gasteiger partial charge in [0, 0.05) is 24.7 Å². The van der Waals surface area contributed by atoms with Gasteiger partial charge >= 0.3 is 0 Å². The Morgan fingerprint density at radius 2 is 2.00 bits per heavy atom. The smallest absolute Gasteiger partial charge is 0.265 e. The molecular weight excluding hydrogens is 370 g/mol. The lowest BCUT2D eigenvalue weighted by molar-refractivity contribution is 0.0793. The fraction of sp³-hybridized carbons (Fsp3) is 0.474. The van der Waals surface area contributed by atoms with Gasteiger partial charge in [-0.1, -0.05) is 25.4 Å². The number of nitrogens with zero attached hydrogens (tertiary/aromatic N) is 2. The van der Waals surface area contributed by atoms with E-state index in [1.807, 2.05) is 6.92 Å². The number of rotatable bonds is 8. The van der Waals surface area contributed by atoms with E-state index in [-0.39, 0.29) is 11.9 Å². The molecule has 1 aromatic heterocycles. The average molecular weight is 396 g/mol. The first-order valence-corrected chi connectivity index (χ1v) is 9.83. The fourth-order valence-electron chi connectivity index (χ4n) is 2.34. The van der Waals surface area contributed by atoms with Crippen molar-refractivity contribution in [2.45, 2.75) is 39.8 Å². The van der Waals surface area contributed by atoms with Gasteiger partial charge in [-0.2, -0.15) is 0 Å². The maximum atomic E-state index is 12.7. The molecule has 2 N–H and O–H groups in total. The van der Waals surface area contributed by atoms with Crippen molar-refractivity contribution in [2.24, 2.45) is 11.7 Å². The number of thiazole rings is 1. The summed E-state index contributed by atoms with van der Waals surface area (Å²) in [5.41, 5.74) is 6.80. The molecule has 5 nitrogen and oxygen atoms in total. The van der Waals surface area contributed by atoms with Crippen molar-refractivity contribution in [1.29, 1.82) is 0 Å². The summed E-state index contributed by atoms with van der Waals surface area (Å²) in [6, 6.07) is 7.25. The summed E-state index contributed by atoms with van der Waals surface area (Å²) in [7, 11) is 1.80. The number of carbonyl (C=O) groups is 1. The van der Waals surface area contributed by atoms with Crippen molar-refractivity contribution in [1.82, 2.24) is 9.88 Å². The molecule has 26 heavy (non-hydrogen) atoms. The molecule has 0 aliphatic carbocycles. The number of benzene rings is 1. The van der Waals surface area contributed by atoms with Gasteiger partial charge in [-0.25, -0.2) is 4.98 Å². The molecular formula is C19H26ClN3O2S. The molecule has 0 bridgehead atoms. The first-order chi connectivity index (χ1) is 12.3. The third kappa shape index (κ3) is 5.69. The second-order valence-electron chi connectivity index (χ2n) is 6.69. The third-order valence-corrected chi connectivity index (χ3v) is 5.58. The summed E-state index contributed by atoms with van der Waals surface area (Å²) < 4.78 is 5.71.